The zero-order valence-electron chi connectivity index (χ0n) is 16.1. The molecule has 8 heteroatoms. The van der Waals surface area contributed by atoms with Crippen LogP contribution in [0, 0.1) is 6.92 Å². The first-order valence-electron chi connectivity index (χ1n) is 9.57. The van der Waals surface area contributed by atoms with Crippen molar-refractivity contribution >= 4 is 23.5 Å². The van der Waals surface area contributed by atoms with Crippen molar-refractivity contribution < 1.29 is 9.21 Å². The Morgan fingerprint density at radius 1 is 1.34 bits per heavy atom. The van der Waals surface area contributed by atoms with Crippen molar-refractivity contribution in [3.63, 3.8) is 0 Å². The van der Waals surface area contributed by atoms with Crippen LogP contribution in [0.15, 0.2) is 40.9 Å². The molecule has 3 heterocycles. The summed E-state index contributed by atoms with van der Waals surface area (Å²) in [5.74, 6) is 1.47. The minimum absolute atomic E-state index is 0.0566. The van der Waals surface area contributed by atoms with Crippen LogP contribution in [0.2, 0.25) is 5.02 Å². The number of nitrogens with two attached hydrogens (primary N) is 1. The van der Waals surface area contributed by atoms with Gasteiger partial charge in [0.15, 0.2) is 5.89 Å². The molecule has 1 aliphatic rings. The molecular formula is C21H22ClN5O2. The third kappa shape index (κ3) is 4.56. The second kappa shape index (κ2) is 8.21. The summed E-state index contributed by atoms with van der Waals surface area (Å²) in [5.41, 5.74) is 7.76. The fourth-order valence-corrected chi connectivity index (χ4v) is 3.88. The van der Waals surface area contributed by atoms with E-state index in [1.54, 1.807) is 24.1 Å². The second-order valence-electron chi connectivity index (χ2n) is 7.31. The average Bonchev–Trinajstić information content (AvgIpc) is 3.15. The Bertz CT molecular complexity index is 1020. The molecule has 1 aliphatic heterocycles. The number of halogens is 1. The van der Waals surface area contributed by atoms with E-state index < -0.39 is 0 Å². The normalized spacial score (nSPS) is 16.8. The molecular weight excluding hydrogens is 390 g/mol. The lowest BCUT2D eigenvalue weighted by Gasteiger charge is -2.31. The van der Waals surface area contributed by atoms with Crippen LogP contribution >= 0.6 is 11.6 Å². The Hall–Kier alpha value is -2.93. The fraction of sp³-hybridized carbons (Fsp3) is 0.333. The fourth-order valence-electron chi connectivity index (χ4n) is 3.67. The van der Waals surface area contributed by atoms with E-state index in [0.29, 0.717) is 41.8 Å². The number of aryl methyl sites for hydroxylation is 1. The minimum atomic E-state index is -0.141. The van der Waals surface area contributed by atoms with Gasteiger partial charge in [-0.15, -0.1) is 0 Å². The molecule has 0 saturated carbocycles. The highest BCUT2D eigenvalue weighted by Crippen LogP contribution is 2.28. The van der Waals surface area contributed by atoms with Crippen LogP contribution in [0.1, 0.15) is 52.2 Å². The first-order chi connectivity index (χ1) is 14.0. The lowest BCUT2D eigenvalue weighted by atomic mass is 9.97. The number of benzene rings is 1. The Balaban J connectivity index is 1.46. The SMILES string of the molecule is Cc1cc(C(=O)N2CCCC(c3ncc(Cc4cccc(Cl)c4)o3)C2)nc(N)n1. The third-order valence-electron chi connectivity index (χ3n) is 4.99. The number of nitrogens with zero attached hydrogens (tertiary/aromatic N) is 4. The Labute approximate surface area is 173 Å². The first-order valence-corrected chi connectivity index (χ1v) is 9.95. The minimum Gasteiger partial charge on any atom is -0.445 e. The van der Waals surface area contributed by atoms with Gasteiger partial charge in [0.25, 0.3) is 5.91 Å². The van der Waals surface area contributed by atoms with E-state index in [9.17, 15) is 4.79 Å². The van der Waals surface area contributed by atoms with Gasteiger partial charge in [-0.3, -0.25) is 4.79 Å². The van der Waals surface area contributed by atoms with E-state index in [0.717, 1.165) is 24.2 Å². The number of hydrogen-bond donors (Lipinski definition) is 1. The van der Waals surface area contributed by atoms with Gasteiger partial charge < -0.3 is 15.1 Å². The molecule has 7 nitrogen and oxygen atoms in total. The Morgan fingerprint density at radius 3 is 3.00 bits per heavy atom. The van der Waals surface area contributed by atoms with Gasteiger partial charge in [-0.2, -0.15) is 0 Å². The number of carbonyl (C=O) groups is 1. The monoisotopic (exact) mass is 411 g/mol. The molecule has 3 aromatic rings. The third-order valence-corrected chi connectivity index (χ3v) is 5.22. The number of aromatic nitrogens is 3. The number of carbonyl (C=O) groups excluding carboxylic acids is 1. The van der Waals surface area contributed by atoms with E-state index >= 15 is 0 Å². The van der Waals surface area contributed by atoms with Crippen LogP contribution in [0.5, 0.6) is 0 Å². The predicted octanol–water partition coefficient (Wildman–Crippen LogP) is 3.62. The zero-order valence-corrected chi connectivity index (χ0v) is 16.9. The van der Waals surface area contributed by atoms with E-state index in [1.807, 2.05) is 24.3 Å². The molecule has 1 aromatic carbocycles. The molecule has 0 radical (unpaired) electrons. The molecule has 2 N–H and O–H groups in total. The second-order valence-corrected chi connectivity index (χ2v) is 7.75. The first kappa shape index (κ1) is 19.4. The largest absolute Gasteiger partial charge is 0.445 e. The van der Waals surface area contributed by atoms with Crippen molar-refractivity contribution in [3.8, 4) is 0 Å². The maximum atomic E-state index is 12.9. The molecule has 1 amide bonds. The summed E-state index contributed by atoms with van der Waals surface area (Å²) >= 11 is 6.05. The highest BCUT2D eigenvalue weighted by Gasteiger charge is 2.29. The number of rotatable bonds is 4. The van der Waals surface area contributed by atoms with Crippen molar-refractivity contribution in [2.45, 2.75) is 32.1 Å². The number of anilines is 1. The Kier molecular flexibility index (Phi) is 5.49. The van der Waals surface area contributed by atoms with Crippen LogP contribution in [-0.2, 0) is 6.42 Å². The molecule has 1 atom stereocenters. The highest BCUT2D eigenvalue weighted by atomic mass is 35.5. The maximum Gasteiger partial charge on any atom is 0.272 e. The molecule has 4 rings (SSSR count). The molecule has 1 unspecified atom stereocenters. The molecule has 0 aliphatic carbocycles. The lowest BCUT2D eigenvalue weighted by molar-refractivity contribution is 0.0691. The number of nitrogen functional groups attached to an aromatic ring is 1. The molecule has 0 bridgehead atoms. The van der Waals surface area contributed by atoms with Crippen molar-refractivity contribution in [3.05, 3.63) is 70.2 Å². The number of likely N-dealkylation sites (tertiary alicyclic amines) is 1. The molecule has 2 aromatic heterocycles. The van der Waals surface area contributed by atoms with Crippen molar-refractivity contribution in [1.29, 1.82) is 0 Å². The van der Waals surface area contributed by atoms with Crippen LogP contribution in [0.4, 0.5) is 5.95 Å². The summed E-state index contributed by atoms with van der Waals surface area (Å²) < 4.78 is 6.00. The quantitative estimate of drug-likeness (QED) is 0.704. The van der Waals surface area contributed by atoms with Crippen molar-refractivity contribution in [1.82, 2.24) is 19.9 Å². The topological polar surface area (TPSA) is 98.1 Å². The molecule has 1 fully saturated rings. The lowest BCUT2D eigenvalue weighted by Crippen LogP contribution is -2.39. The van der Waals surface area contributed by atoms with Gasteiger partial charge in [-0.1, -0.05) is 23.7 Å². The van der Waals surface area contributed by atoms with Gasteiger partial charge in [-0.05, 0) is 43.5 Å². The zero-order chi connectivity index (χ0) is 20.4. The molecule has 1 saturated heterocycles. The summed E-state index contributed by atoms with van der Waals surface area (Å²) in [5, 5.41) is 0.698. The molecule has 150 valence electrons. The predicted molar refractivity (Wildman–Crippen MR) is 110 cm³/mol. The van der Waals surface area contributed by atoms with Crippen LogP contribution in [0.3, 0.4) is 0 Å². The van der Waals surface area contributed by atoms with Crippen LogP contribution in [-0.4, -0.2) is 38.8 Å². The van der Waals surface area contributed by atoms with Crippen molar-refractivity contribution in [2.75, 3.05) is 18.8 Å². The van der Waals surface area contributed by atoms with Gasteiger partial charge in [0, 0.05) is 30.2 Å². The van der Waals surface area contributed by atoms with Gasteiger partial charge in [0.05, 0.1) is 12.1 Å². The van der Waals surface area contributed by atoms with Crippen LogP contribution < -0.4 is 5.73 Å². The number of amides is 1. The summed E-state index contributed by atoms with van der Waals surface area (Å²) in [4.78, 5) is 27.3. The molecule has 0 spiro atoms. The van der Waals surface area contributed by atoms with Crippen LogP contribution in [0.25, 0.3) is 0 Å². The smallest absolute Gasteiger partial charge is 0.272 e. The number of oxazole rings is 1. The number of hydrogen-bond acceptors (Lipinski definition) is 6. The molecule has 29 heavy (non-hydrogen) atoms. The van der Waals surface area contributed by atoms with Gasteiger partial charge >= 0.3 is 0 Å². The van der Waals surface area contributed by atoms with Gasteiger partial charge in [-0.25, -0.2) is 15.0 Å². The maximum absolute atomic E-state index is 12.9. The van der Waals surface area contributed by atoms with Gasteiger partial charge in [0.1, 0.15) is 11.5 Å². The van der Waals surface area contributed by atoms with Crippen molar-refractivity contribution in [2.24, 2.45) is 0 Å². The van der Waals surface area contributed by atoms with E-state index in [-0.39, 0.29) is 17.8 Å². The summed E-state index contributed by atoms with van der Waals surface area (Å²) in [6, 6.07) is 9.35. The van der Waals surface area contributed by atoms with E-state index in [1.165, 1.54) is 0 Å². The van der Waals surface area contributed by atoms with E-state index in [2.05, 4.69) is 15.0 Å². The highest BCUT2D eigenvalue weighted by molar-refractivity contribution is 6.30. The Morgan fingerprint density at radius 2 is 2.21 bits per heavy atom. The van der Waals surface area contributed by atoms with Gasteiger partial charge in [0.2, 0.25) is 5.95 Å². The summed E-state index contributed by atoms with van der Waals surface area (Å²) in [7, 11) is 0. The summed E-state index contributed by atoms with van der Waals surface area (Å²) in [6.45, 7) is 3.01. The van der Waals surface area contributed by atoms with E-state index in [4.69, 9.17) is 21.8 Å². The standard InChI is InChI=1S/C21H22ClN5O2/c1-13-8-18(26-21(23)25-13)20(28)27-7-3-5-15(12-27)19-24-11-17(29-19)10-14-4-2-6-16(22)9-14/h2,4,6,8-9,11,15H,3,5,7,10,12H2,1H3,(H2,23,25,26). The summed E-state index contributed by atoms with van der Waals surface area (Å²) in [6.07, 6.45) is 4.18. The number of piperidine rings is 1. The average molecular weight is 412 g/mol.